The van der Waals surface area contributed by atoms with Crippen LogP contribution in [0.2, 0.25) is 0 Å². The first-order valence-electron chi connectivity index (χ1n) is 5.78. The minimum Gasteiger partial charge on any atom is -0.497 e. The van der Waals surface area contributed by atoms with Crippen LogP contribution in [-0.4, -0.2) is 31.0 Å². The number of nitrogens with zero attached hydrogens (tertiary/aromatic N) is 1. The summed E-state index contributed by atoms with van der Waals surface area (Å²) in [4.78, 5) is 13.5. The first kappa shape index (κ1) is 11.9. The second kappa shape index (κ2) is 4.75. The number of nitrogens with two attached hydrogens (primary N) is 1. The third-order valence-corrected chi connectivity index (χ3v) is 3.34. The second-order valence-electron chi connectivity index (χ2n) is 4.43. The van der Waals surface area contributed by atoms with Crippen LogP contribution in [0.15, 0.2) is 24.3 Å². The van der Waals surface area contributed by atoms with Gasteiger partial charge in [-0.1, -0.05) is 12.1 Å². The van der Waals surface area contributed by atoms with E-state index in [0.29, 0.717) is 6.42 Å². The highest BCUT2D eigenvalue weighted by Crippen LogP contribution is 2.31. The maximum absolute atomic E-state index is 11.7. The Morgan fingerprint density at radius 2 is 2.24 bits per heavy atom. The summed E-state index contributed by atoms with van der Waals surface area (Å²) >= 11 is 0. The molecule has 2 unspecified atom stereocenters. The lowest BCUT2D eigenvalue weighted by Gasteiger charge is -2.37. The van der Waals surface area contributed by atoms with Crippen LogP contribution in [0.25, 0.3) is 0 Å². The number of benzene rings is 1. The van der Waals surface area contributed by atoms with Crippen molar-refractivity contribution < 1.29 is 9.53 Å². The van der Waals surface area contributed by atoms with Gasteiger partial charge in [-0.2, -0.15) is 0 Å². The molecule has 0 bridgehead atoms. The maximum atomic E-state index is 11.7. The topological polar surface area (TPSA) is 55.6 Å². The molecule has 1 heterocycles. The molecular formula is C13H18N2O2. The number of amides is 1. The van der Waals surface area contributed by atoms with Gasteiger partial charge >= 0.3 is 0 Å². The van der Waals surface area contributed by atoms with Crippen LogP contribution in [-0.2, 0) is 4.79 Å². The summed E-state index contributed by atoms with van der Waals surface area (Å²) in [6, 6.07) is 7.69. The Labute approximate surface area is 101 Å². The summed E-state index contributed by atoms with van der Waals surface area (Å²) in [6.45, 7) is 0. The molecule has 1 aromatic rings. The van der Waals surface area contributed by atoms with Crippen LogP contribution < -0.4 is 10.5 Å². The van der Waals surface area contributed by atoms with Gasteiger partial charge in [-0.05, 0) is 24.1 Å². The SMILES string of the molecule is COc1cccc(C2C(N)CCC(=O)N2C)c1. The third-order valence-electron chi connectivity index (χ3n) is 3.34. The minimum absolute atomic E-state index is 0.00944. The van der Waals surface area contributed by atoms with Gasteiger partial charge in [0.05, 0.1) is 13.2 Å². The number of likely N-dealkylation sites (N-methyl/N-ethyl adjacent to an activating group) is 1. The zero-order valence-corrected chi connectivity index (χ0v) is 10.2. The van der Waals surface area contributed by atoms with E-state index in [1.54, 1.807) is 12.0 Å². The summed E-state index contributed by atoms with van der Waals surface area (Å²) in [6.07, 6.45) is 1.28. The molecule has 0 saturated carbocycles. The molecular weight excluding hydrogens is 216 g/mol. The molecule has 92 valence electrons. The van der Waals surface area contributed by atoms with E-state index < -0.39 is 0 Å². The van der Waals surface area contributed by atoms with E-state index in [1.165, 1.54) is 0 Å². The van der Waals surface area contributed by atoms with E-state index in [1.807, 2.05) is 31.3 Å². The molecule has 0 radical (unpaired) electrons. The lowest BCUT2D eigenvalue weighted by molar-refractivity contribution is -0.135. The molecule has 1 aromatic carbocycles. The fourth-order valence-corrected chi connectivity index (χ4v) is 2.36. The van der Waals surface area contributed by atoms with Crippen molar-refractivity contribution in [3.05, 3.63) is 29.8 Å². The van der Waals surface area contributed by atoms with Gasteiger partial charge < -0.3 is 15.4 Å². The zero-order chi connectivity index (χ0) is 12.4. The Morgan fingerprint density at radius 1 is 1.47 bits per heavy atom. The van der Waals surface area contributed by atoms with E-state index >= 15 is 0 Å². The summed E-state index contributed by atoms with van der Waals surface area (Å²) in [5.74, 6) is 0.945. The minimum atomic E-state index is -0.0497. The number of carbonyl (C=O) groups excluding carboxylic acids is 1. The van der Waals surface area contributed by atoms with Crippen molar-refractivity contribution in [2.45, 2.75) is 24.9 Å². The standard InChI is InChI=1S/C13H18N2O2/c1-15-12(16)7-6-11(14)13(15)9-4-3-5-10(8-9)17-2/h3-5,8,11,13H,6-7,14H2,1-2H3. The van der Waals surface area contributed by atoms with Crippen molar-refractivity contribution in [3.8, 4) is 5.75 Å². The average molecular weight is 234 g/mol. The molecule has 0 aromatic heterocycles. The van der Waals surface area contributed by atoms with Gasteiger partial charge in [0.1, 0.15) is 5.75 Å². The van der Waals surface area contributed by atoms with Gasteiger partial charge in [0.15, 0.2) is 0 Å². The van der Waals surface area contributed by atoms with Crippen molar-refractivity contribution in [2.24, 2.45) is 5.73 Å². The lowest BCUT2D eigenvalue weighted by atomic mass is 9.91. The number of rotatable bonds is 2. The number of ether oxygens (including phenoxy) is 1. The number of likely N-dealkylation sites (tertiary alicyclic amines) is 1. The van der Waals surface area contributed by atoms with Crippen LogP contribution in [0.4, 0.5) is 0 Å². The fraction of sp³-hybridized carbons (Fsp3) is 0.462. The highest BCUT2D eigenvalue weighted by atomic mass is 16.5. The summed E-state index contributed by atoms with van der Waals surface area (Å²) in [7, 11) is 3.44. The van der Waals surface area contributed by atoms with Crippen molar-refractivity contribution in [1.82, 2.24) is 4.90 Å². The lowest BCUT2D eigenvalue weighted by Crippen LogP contribution is -2.46. The molecule has 0 aliphatic carbocycles. The average Bonchev–Trinajstić information content (AvgIpc) is 2.35. The summed E-state index contributed by atoms with van der Waals surface area (Å²) in [5, 5.41) is 0. The largest absolute Gasteiger partial charge is 0.497 e. The first-order valence-corrected chi connectivity index (χ1v) is 5.78. The van der Waals surface area contributed by atoms with Crippen LogP contribution in [0, 0.1) is 0 Å². The molecule has 1 aliphatic heterocycles. The molecule has 1 amide bonds. The predicted octanol–water partition coefficient (Wildman–Crippen LogP) is 1.32. The van der Waals surface area contributed by atoms with Gasteiger partial charge in [-0.3, -0.25) is 4.79 Å². The van der Waals surface area contributed by atoms with Crippen molar-refractivity contribution in [3.63, 3.8) is 0 Å². The van der Waals surface area contributed by atoms with Crippen molar-refractivity contribution in [1.29, 1.82) is 0 Å². The Bertz CT molecular complexity index is 420. The molecule has 17 heavy (non-hydrogen) atoms. The van der Waals surface area contributed by atoms with E-state index in [9.17, 15) is 4.79 Å². The van der Waals surface area contributed by atoms with E-state index in [0.717, 1.165) is 17.7 Å². The third kappa shape index (κ3) is 2.26. The molecule has 2 atom stereocenters. The molecule has 2 rings (SSSR count). The highest BCUT2D eigenvalue weighted by molar-refractivity contribution is 5.77. The maximum Gasteiger partial charge on any atom is 0.222 e. The van der Waals surface area contributed by atoms with E-state index in [2.05, 4.69) is 0 Å². The highest BCUT2D eigenvalue weighted by Gasteiger charge is 2.32. The zero-order valence-electron chi connectivity index (χ0n) is 10.2. The molecule has 0 spiro atoms. The number of piperidine rings is 1. The fourth-order valence-electron chi connectivity index (χ4n) is 2.36. The first-order chi connectivity index (χ1) is 8.13. The molecule has 1 fully saturated rings. The quantitative estimate of drug-likeness (QED) is 0.839. The van der Waals surface area contributed by atoms with Crippen LogP contribution in [0.1, 0.15) is 24.4 Å². The van der Waals surface area contributed by atoms with Gasteiger partial charge in [-0.25, -0.2) is 0 Å². The van der Waals surface area contributed by atoms with Gasteiger partial charge in [0, 0.05) is 19.5 Å². The van der Waals surface area contributed by atoms with Gasteiger partial charge in [-0.15, -0.1) is 0 Å². The Kier molecular flexibility index (Phi) is 3.33. The summed E-state index contributed by atoms with van der Waals surface area (Å²) < 4.78 is 5.20. The number of methoxy groups -OCH3 is 1. The van der Waals surface area contributed by atoms with Gasteiger partial charge in [0.25, 0.3) is 0 Å². The molecule has 1 aliphatic rings. The number of hydrogen-bond acceptors (Lipinski definition) is 3. The van der Waals surface area contributed by atoms with Crippen LogP contribution >= 0.6 is 0 Å². The second-order valence-corrected chi connectivity index (χ2v) is 4.43. The molecule has 4 nitrogen and oxygen atoms in total. The molecule has 4 heteroatoms. The van der Waals surface area contributed by atoms with E-state index in [-0.39, 0.29) is 18.0 Å². The van der Waals surface area contributed by atoms with Crippen molar-refractivity contribution in [2.75, 3.05) is 14.2 Å². The van der Waals surface area contributed by atoms with Crippen molar-refractivity contribution >= 4 is 5.91 Å². The predicted molar refractivity (Wildman–Crippen MR) is 65.7 cm³/mol. The van der Waals surface area contributed by atoms with Crippen LogP contribution in [0.3, 0.4) is 0 Å². The molecule has 1 saturated heterocycles. The van der Waals surface area contributed by atoms with E-state index in [4.69, 9.17) is 10.5 Å². The monoisotopic (exact) mass is 234 g/mol. The Balaban J connectivity index is 2.32. The van der Waals surface area contributed by atoms with Gasteiger partial charge in [0.2, 0.25) is 5.91 Å². The summed E-state index contributed by atoms with van der Waals surface area (Å²) in [5.41, 5.74) is 7.16. The molecule has 2 N–H and O–H groups in total. The Morgan fingerprint density at radius 3 is 2.94 bits per heavy atom. The van der Waals surface area contributed by atoms with Crippen LogP contribution in [0.5, 0.6) is 5.75 Å². The normalized spacial score (nSPS) is 24.9. The Hall–Kier alpha value is -1.55. The number of hydrogen-bond donors (Lipinski definition) is 1. The number of carbonyl (C=O) groups is 1. The smallest absolute Gasteiger partial charge is 0.222 e.